The number of aromatic nitrogens is 1. The first-order valence-corrected chi connectivity index (χ1v) is 4.68. The van der Waals surface area contributed by atoms with Crippen LogP contribution < -0.4 is 5.73 Å². The van der Waals surface area contributed by atoms with E-state index in [4.69, 9.17) is 10.8 Å². The van der Waals surface area contributed by atoms with Gasteiger partial charge in [0.15, 0.2) is 0 Å². The topological polar surface area (TPSA) is 59.1 Å². The van der Waals surface area contributed by atoms with E-state index in [2.05, 4.69) is 4.98 Å². The van der Waals surface area contributed by atoms with Crippen molar-refractivity contribution in [2.45, 2.75) is 11.9 Å². The molecule has 0 radical (unpaired) electrons. The van der Waals surface area contributed by atoms with Crippen molar-refractivity contribution in [2.24, 2.45) is 0 Å². The van der Waals surface area contributed by atoms with Crippen molar-refractivity contribution >= 4 is 17.4 Å². The number of hydrogen-bond acceptors (Lipinski definition) is 4. The van der Waals surface area contributed by atoms with Gasteiger partial charge in [-0.05, 0) is 18.6 Å². The monoisotopic (exact) mass is 184 g/mol. The first-order chi connectivity index (χ1) is 5.74. The maximum absolute atomic E-state index is 8.58. The van der Waals surface area contributed by atoms with Gasteiger partial charge in [-0.2, -0.15) is 0 Å². The van der Waals surface area contributed by atoms with E-state index < -0.39 is 0 Å². The molecule has 0 fully saturated rings. The van der Waals surface area contributed by atoms with Crippen molar-refractivity contribution in [2.75, 3.05) is 18.1 Å². The Kier molecular flexibility index (Phi) is 3.37. The van der Waals surface area contributed by atoms with Crippen molar-refractivity contribution in [1.82, 2.24) is 4.98 Å². The summed E-state index contributed by atoms with van der Waals surface area (Å²) in [4.78, 5) is 4.14. The van der Waals surface area contributed by atoms with Gasteiger partial charge < -0.3 is 10.8 Å². The Morgan fingerprint density at radius 3 is 3.00 bits per heavy atom. The van der Waals surface area contributed by atoms with Gasteiger partial charge in [-0.15, -0.1) is 11.8 Å². The molecule has 3 N–H and O–H groups in total. The lowest BCUT2D eigenvalue weighted by atomic mass is 10.3. The standard InChI is InChI=1S/C8H12N2OS/c1-6-4-7(9)8(10-5-6)12-3-2-11/h4-5,11H,2-3,9H2,1H3. The molecule has 1 rings (SSSR count). The second-order valence-electron chi connectivity index (χ2n) is 2.48. The minimum Gasteiger partial charge on any atom is -0.397 e. The molecule has 0 spiro atoms. The summed E-state index contributed by atoms with van der Waals surface area (Å²) in [6.45, 7) is 2.10. The summed E-state index contributed by atoms with van der Waals surface area (Å²) in [6, 6.07) is 1.88. The van der Waals surface area contributed by atoms with Gasteiger partial charge in [0.2, 0.25) is 0 Å². The third kappa shape index (κ3) is 2.39. The van der Waals surface area contributed by atoms with Crippen molar-refractivity contribution in [3.63, 3.8) is 0 Å². The molecule has 0 unspecified atom stereocenters. The molecule has 0 amide bonds. The van der Waals surface area contributed by atoms with Crippen molar-refractivity contribution in [1.29, 1.82) is 0 Å². The summed E-state index contributed by atoms with van der Waals surface area (Å²) >= 11 is 1.47. The normalized spacial score (nSPS) is 10.2. The fourth-order valence-corrected chi connectivity index (χ4v) is 1.48. The molecule has 1 aromatic heterocycles. The molecule has 0 aromatic carbocycles. The maximum Gasteiger partial charge on any atom is 0.119 e. The average molecular weight is 184 g/mol. The molecule has 0 saturated carbocycles. The third-order valence-electron chi connectivity index (χ3n) is 1.35. The zero-order valence-electron chi connectivity index (χ0n) is 6.95. The first kappa shape index (κ1) is 9.35. The molecule has 1 heterocycles. The van der Waals surface area contributed by atoms with Gasteiger partial charge in [-0.1, -0.05) is 0 Å². The lowest BCUT2D eigenvalue weighted by Crippen LogP contribution is -1.95. The minimum atomic E-state index is 0.152. The number of aryl methyl sites for hydroxylation is 1. The highest BCUT2D eigenvalue weighted by Crippen LogP contribution is 2.22. The Labute approximate surface area is 76.0 Å². The molecular formula is C8H12N2OS. The molecule has 4 heteroatoms. The van der Waals surface area contributed by atoms with Crippen LogP contribution in [0.3, 0.4) is 0 Å². The molecule has 0 bridgehead atoms. The van der Waals surface area contributed by atoms with Gasteiger partial charge in [0.1, 0.15) is 5.03 Å². The minimum absolute atomic E-state index is 0.152. The Morgan fingerprint density at radius 1 is 1.67 bits per heavy atom. The van der Waals surface area contributed by atoms with Crippen LogP contribution in [0.15, 0.2) is 17.3 Å². The average Bonchev–Trinajstić information content (AvgIpc) is 2.03. The Hall–Kier alpha value is -0.740. The highest BCUT2D eigenvalue weighted by atomic mass is 32.2. The Bertz CT molecular complexity index is 265. The van der Waals surface area contributed by atoms with Crippen LogP contribution in [-0.2, 0) is 0 Å². The number of thioether (sulfide) groups is 1. The third-order valence-corrected chi connectivity index (χ3v) is 2.35. The molecule has 0 aliphatic carbocycles. The second kappa shape index (κ2) is 4.33. The van der Waals surface area contributed by atoms with Crippen molar-refractivity contribution in [3.05, 3.63) is 17.8 Å². The predicted octanol–water partition coefficient (Wildman–Crippen LogP) is 1.06. The van der Waals surface area contributed by atoms with Crippen LogP contribution in [0, 0.1) is 6.92 Å². The number of pyridine rings is 1. The number of hydrogen-bond donors (Lipinski definition) is 2. The molecule has 66 valence electrons. The molecule has 12 heavy (non-hydrogen) atoms. The number of nitrogen functional groups attached to an aromatic ring is 1. The predicted molar refractivity (Wildman–Crippen MR) is 51.2 cm³/mol. The van der Waals surface area contributed by atoms with Gasteiger partial charge in [-0.3, -0.25) is 0 Å². The quantitative estimate of drug-likeness (QED) is 0.689. The Balaban J connectivity index is 2.72. The van der Waals surface area contributed by atoms with Crippen LogP contribution in [0.25, 0.3) is 0 Å². The summed E-state index contributed by atoms with van der Waals surface area (Å²) in [7, 11) is 0. The van der Waals surface area contributed by atoms with E-state index in [0.717, 1.165) is 10.6 Å². The van der Waals surface area contributed by atoms with Gasteiger partial charge in [0.05, 0.1) is 12.3 Å². The number of nitrogens with zero attached hydrogens (tertiary/aromatic N) is 1. The van der Waals surface area contributed by atoms with Gasteiger partial charge >= 0.3 is 0 Å². The lowest BCUT2D eigenvalue weighted by Gasteiger charge is -2.03. The molecular weight excluding hydrogens is 172 g/mol. The van der Waals surface area contributed by atoms with Crippen LogP contribution in [0.4, 0.5) is 5.69 Å². The van der Waals surface area contributed by atoms with Crippen molar-refractivity contribution in [3.8, 4) is 0 Å². The highest BCUT2D eigenvalue weighted by molar-refractivity contribution is 7.99. The van der Waals surface area contributed by atoms with Crippen LogP contribution in [0.5, 0.6) is 0 Å². The first-order valence-electron chi connectivity index (χ1n) is 3.70. The van der Waals surface area contributed by atoms with E-state index in [-0.39, 0.29) is 6.61 Å². The number of nitrogens with two attached hydrogens (primary N) is 1. The summed E-state index contributed by atoms with van der Waals surface area (Å²) < 4.78 is 0. The number of aliphatic hydroxyl groups excluding tert-OH is 1. The smallest absolute Gasteiger partial charge is 0.119 e. The van der Waals surface area contributed by atoms with Crippen LogP contribution in [-0.4, -0.2) is 22.5 Å². The SMILES string of the molecule is Cc1cnc(SCCO)c(N)c1. The summed E-state index contributed by atoms with van der Waals surface area (Å²) in [5, 5.41) is 9.38. The summed E-state index contributed by atoms with van der Waals surface area (Å²) in [5.41, 5.74) is 7.44. The molecule has 0 aliphatic rings. The number of anilines is 1. The second-order valence-corrected chi connectivity index (χ2v) is 3.56. The van der Waals surface area contributed by atoms with E-state index in [1.807, 2.05) is 13.0 Å². The zero-order chi connectivity index (χ0) is 8.97. The fourth-order valence-electron chi connectivity index (χ4n) is 0.842. The van der Waals surface area contributed by atoms with Crippen LogP contribution in [0.2, 0.25) is 0 Å². The van der Waals surface area contributed by atoms with E-state index >= 15 is 0 Å². The van der Waals surface area contributed by atoms with Gasteiger partial charge in [0, 0.05) is 11.9 Å². The van der Waals surface area contributed by atoms with E-state index in [0.29, 0.717) is 11.4 Å². The largest absolute Gasteiger partial charge is 0.397 e. The van der Waals surface area contributed by atoms with E-state index in [9.17, 15) is 0 Å². The van der Waals surface area contributed by atoms with Crippen molar-refractivity contribution < 1.29 is 5.11 Å². The molecule has 1 aromatic rings. The summed E-state index contributed by atoms with van der Waals surface area (Å²) in [6.07, 6.45) is 1.77. The fraction of sp³-hybridized carbons (Fsp3) is 0.375. The van der Waals surface area contributed by atoms with Crippen LogP contribution >= 0.6 is 11.8 Å². The van der Waals surface area contributed by atoms with Crippen LogP contribution in [0.1, 0.15) is 5.56 Å². The molecule has 0 saturated heterocycles. The highest BCUT2D eigenvalue weighted by Gasteiger charge is 2.00. The zero-order valence-corrected chi connectivity index (χ0v) is 7.77. The molecule has 3 nitrogen and oxygen atoms in total. The number of aliphatic hydroxyl groups is 1. The Morgan fingerprint density at radius 2 is 2.42 bits per heavy atom. The molecule has 0 aliphatic heterocycles. The van der Waals surface area contributed by atoms with Gasteiger partial charge in [0.25, 0.3) is 0 Å². The lowest BCUT2D eigenvalue weighted by molar-refractivity contribution is 0.322. The summed E-state index contributed by atoms with van der Waals surface area (Å²) in [5.74, 6) is 0.639. The molecule has 0 atom stereocenters. The maximum atomic E-state index is 8.58. The van der Waals surface area contributed by atoms with Gasteiger partial charge in [-0.25, -0.2) is 4.98 Å². The number of rotatable bonds is 3. The van der Waals surface area contributed by atoms with E-state index in [1.165, 1.54) is 11.8 Å². The van der Waals surface area contributed by atoms with E-state index in [1.54, 1.807) is 6.20 Å².